The molecule has 0 atom stereocenters. The van der Waals surface area contributed by atoms with Crippen LogP contribution in [0, 0.1) is 0 Å². The van der Waals surface area contributed by atoms with Crippen LogP contribution in [0.1, 0.15) is 30.1 Å². The Kier molecular flexibility index (Phi) is 6.26. The van der Waals surface area contributed by atoms with Crippen molar-refractivity contribution in [1.82, 2.24) is 9.88 Å². The Labute approximate surface area is 126 Å². The van der Waals surface area contributed by atoms with Gasteiger partial charge in [0.25, 0.3) is 5.91 Å². The lowest BCUT2D eigenvalue weighted by molar-refractivity contribution is -0.136. The molecule has 0 saturated carbocycles. The van der Waals surface area contributed by atoms with E-state index in [1.54, 1.807) is 0 Å². The van der Waals surface area contributed by atoms with Gasteiger partial charge in [0.2, 0.25) is 0 Å². The minimum absolute atomic E-state index is 0.159. The molecule has 0 radical (unpaired) electrons. The van der Waals surface area contributed by atoms with Gasteiger partial charge in [-0.2, -0.15) is 13.2 Å². The van der Waals surface area contributed by atoms with E-state index < -0.39 is 25.0 Å². The lowest BCUT2D eigenvalue weighted by atomic mass is 10.2. The summed E-state index contributed by atoms with van der Waals surface area (Å²) in [7, 11) is 1.31. The number of carbonyl (C=O) groups is 1. The first-order valence-corrected chi connectivity index (χ1v) is 6.84. The van der Waals surface area contributed by atoms with Gasteiger partial charge in [-0.05, 0) is 12.5 Å². The molecular formula is C13H17ClF3N3O. The van der Waals surface area contributed by atoms with Gasteiger partial charge in [0.05, 0.1) is 17.0 Å². The van der Waals surface area contributed by atoms with Crippen LogP contribution in [0.2, 0.25) is 5.02 Å². The number of carbonyl (C=O) groups excluding carboxylic acids is 1. The largest absolute Gasteiger partial charge is 0.390 e. The van der Waals surface area contributed by atoms with Gasteiger partial charge in [-0.15, -0.1) is 0 Å². The van der Waals surface area contributed by atoms with Crippen molar-refractivity contribution in [3.63, 3.8) is 0 Å². The van der Waals surface area contributed by atoms with Crippen LogP contribution in [0.15, 0.2) is 12.3 Å². The molecule has 0 aliphatic heterocycles. The van der Waals surface area contributed by atoms with Gasteiger partial charge >= 0.3 is 6.18 Å². The third-order valence-electron chi connectivity index (χ3n) is 2.71. The molecule has 0 aromatic carbocycles. The maximum atomic E-state index is 12.1. The van der Waals surface area contributed by atoms with Crippen molar-refractivity contribution in [3.05, 3.63) is 22.8 Å². The van der Waals surface area contributed by atoms with Crippen molar-refractivity contribution in [2.45, 2.75) is 25.9 Å². The number of pyridine rings is 1. The fraction of sp³-hybridized carbons (Fsp3) is 0.538. The monoisotopic (exact) mass is 323 g/mol. The summed E-state index contributed by atoms with van der Waals surface area (Å²) < 4.78 is 36.4. The molecule has 21 heavy (non-hydrogen) atoms. The minimum Gasteiger partial charge on any atom is -0.369 e. The van der Waals surface area contributed by atoms with Crippen LogP contribution in [0.5, 0.6) is 0 Å². The topological polar surface area (TPSA) is 45.2 Å². The molecule has 8 heteroatoms. The highest BCUT2D eigenvalue weighted by Crippen LogP contribution is 2.22. The Balaban J connectivity index is 2.72. The maximum absolute atomic E-state index is 12.1. The average Bonchev–Trinajstić information content (AvgIpc) is 2.41. The first-order chi connectivity index (χ1) is 9.74. The van der Waals surface area contributed by atoms with Gasteiger partial charge in [0, 0.05) is 26.3 Å². The standard InChI is InChI=1S/C13H17ClF3N3O/c1-3-5-18-11-10(14)7-9(8-19-11)12(21)20(2)6-4-13(15,16)17/h7-8H,3-6H2,1-2H3,(H,18,19). The van der Waals surface area contributed by atoms with E-state index in [1.807, 2.05) is 6.92 Å². The molecular weight excluding hydrogens is 307 g/mol. The van der Waals surface area contributed by atoms with E-state index in [-0.39, 0.29) is 10.6 Å². The number of anilines is 1. The molecule has 0 aliphatic rings. The number of hydrogen-bond donors (Lipinski definition) is 1. The quantitative estimate of drug-likeness (QED) is 0.870. The van der Waals surface area contributed by atoms with Crippen LogP contribution < -0.4 is 5.32 Å². The van der Waals surface area contributed by atoms with Gasteiger partial charge in [0.15, 0.2) is 0 Å². The summed E-state index contributed by atoms with van der Waals surface area (Å²) in [6.45, 7) is 2.26. The Hall–Kier alpha value is -1.50. The number of rotatable bonds is 6. The molecule has 1 N–H and O–H groups in total. The molecule has 0 spiro atoms. The molecule has 0 bridgehead atoms. The summed E-state index contributed by atoms with van der Waals surface area (Å²) in [6, 6.07) is 1.40. The lowest BCUT2D eigenvalue weighted by Gasteiger charge is -2.18. The van der Waals surface area contributed by atoms with Crippen LogP contribution in [-0.2, 0) is 0 Å². The van der Waals surface area contributed by atoms with Crippen molar-refractivity contribution < 1.29 is 18.0 Å². The molecule has 0 unspecified atom stereocenters. The predicted molar refractivity (Wildman–Crippen MR) is 75.7 cm³/mol. The molecule has 1 aromatic rings. The van der Waals surface area contributed by atoms with Crippen molar-refractivity contribution in [2.24, 2.45) is 0 Å². The molecule has 4 nitrogen and oxygen atoms in total. The van der Waals surface area contributed by atoms with Crippen LogP contribution in [0.25, 0.3) is 0 Å². The smallest absolute Gasteiger partial charge is 0.369 e. The van der Waals surface area contributed by atoms with Crippen molar-refractivity contribution in [3.8, 4) is 0 Å². The van der Waals surface area contributed by atoms with Crippen molar-refractivity contribution in [2.75, 3.05) is 25.5 Å². The van der Waals surface area contributed by atoms with Gasteiger partial charge in [0.1, 0.15) is 5.82 Å². The summed E-state index contributed by atoms with van der Waals surface area (Å²) in [4.78, 5) is 17.0. The summed E-state index contributed by atoms with van der Waals surface area (Å²) in [5, 5.41) is 3.25. The van der Waals surface area contributed by atoms with Crippen LogP contribution in [0.4, 0.5) is 19.0 Å². The van der Waals surface area contributed by atoms with E-state index in [1.165, 1.54) is 19.3 Å². The fourth-order valence-electron chi connectivity index (χ4n) is 1.54. The molecule has 0 fully saturated rings. The molecule has 1 amide bonds. The second kappa shape index (κ2) is 7.49. The van der Waals surface area contributed by atoms with E-state index in [2.05, 4.69) is 10.3 Å². The molecule has 0 aliphatic carbocycles. The van der Waals surface area contributed by atoms with Gasteiger partial charge < -0.3 is 10.2 Å². The fourth-order valence-corrected chi connectivity index (χ4v) is 1.78. The molecule has 0 saturated heterocycles. The first-order valence-electron chi connectivity index (χ1n) is 6.46. The Morgan fingerprint density at radius 1 is 1.48 bits per heavy atom. The maximum Gasteiger partial charge on any atom is 0.390 e. The predicted octanol–water partition coefficient (Wildman–Crippen LogP) is 3.58. The summed E-state index contributed by atoms with van der Waals surface area (Å²) in [5.41, 5.74) is 0.159. The third kappa shape index (κ3) is 5.79. The third-order valence-corrected chi connectivity index (χ3v) is 3.00. The second-order valence-corrected chi connectivity index (χ2v) is 4.98. The highest BCUT2D eigenvalue weighted by Gasteiger charge is 2.28. The number of nitrogens with one attached hydrogen (secondary N) is 1. The Morgan fingerprint density at radius 2 is 2.14 bits per heavy atom. The Morgan fingerprint density at radius 3 is 2.67 bits per heavy atom. The van der Waals surface area contributed by atoms with E-state index in [4.69, 9.17) is 11.6 Å². The SMILES string of the molecule is CCCNc1ncc(C(=O)N(C)CCC(F)(F)F)cc1Cl. The number of alkyl halides is 3. The average molecular weight is 324 g/mol. The zero-order valence-electron chi connectivity index (χ0n) is 11.8. The molecule has 1 rings (SSSR count). The van der Waals surface area contributed by atoms with Gasteiger partial charge in [-0.25, -0.2) is 4.98 Å². The van der Waals surface area contributed by atoms with Crippen LogP contribution >= 0.6 is 11.6 Å². The van der Waals surface area contributed by atoms with Crippen LogP contribution in [0.3, 0.4) is 0 Å². The number of nitrogens with zero attached hydrogens (tertiary/aromatic N) is 2. The van der Waals surface area contributed by atoms with E-state index in [0.717, 1.165) is 11.3 Å². The Bertz CT molecular complexity index is 494. The van der Waals surface area contributed by atoms with E-state index in [0.29, 0.717) is 12.4 Å². The van der Waals surface area contributed by atoms with Gasteiger partial charge in [-0.3, -0.25) is 4.79 Å². The highest BCUT2D eigenvalue weighted by atomic mass is 35.5. The van der Waals surface area contributed by atoms with Gasteiger partial charge in [-0.1, -0.05) is 18.5 Å². The minimum atomic E-state index is -4.29. The van der Waals surface area contributed by atoms with E-state index >= 15 is 0 Å². The number of aromatic nitrogens is 1. The van der Waals surface area contributed by atoms with Crippen molar-refractivity contribution >= 4 is 23.3 Å². The number of hydrogen-bond acceptors (Lipinski definition) is 3. The highest BCUT2D eigenvalue weighted by molar-refractivity contribution is 6.33. The molecule has 1 heterocycles. The normalized spacial score (nSPS) is 11.3. The first kappa shape index (κ1) is 17.6. The van der Waals surface area contributed by atoms with E-state index in [9.17, 15) is 18.0 Å². The summed E-state index contributed by atoms with van der Waals surface area (Å²) >= 11 is 5.99. The van der Waals surface area contributed by atoms with Crippen molar-refractivity contribution in [1.29, 1.82) is 0 Å². The second-order valence-electron chi connectivity index (χ2n) is 4.57. The lowest BCUT2D eigenvalue weighted by Crippen LogP contribution is -2.30. The molecule has 1 aromatic heterocycles. The zero-order valence-corrected chi connectivity index (χ0v) is 12.6. The van der Waals surface area contributed by atoms with Crippen LogP contribution in [-0.4, -0.2) is 42.1 Å². The summed E-state index contributed by atoms with van der Waals surface area (Å²) in [5.74, 6) is -0.0938. The zero-order chi connectivity index (χ0) is 16.0. The number of halogens is 4. The molecule has 118 valence electrons. The summed E-state index contributed by atoms with van der Waals surface area (Å²) in [6.07, 6.45) is -3.15. The number of amides is 1.